The van der Waals surface area contributed by atoms with E-state index in [9.17, 15) is 14.9 Å². The number of ether oxygens (including phenoxy) is 1. The van der Waals surface area contributed by atoms with Crippen LogP contribution in [-0.2, 0) is 9.53 Å². The first-order valence-corrected chi connectivity index (χ1v) is 5.70. The molecule has 1 saturated heterocycles. The van der Waals surface area contributed by atoms with Crippen LogP contribution in [-0.4, -0.2) is 46.8 Å². The molecular formula is C11H13N3O5. The highest BCUT2D eigenvalue weighted by Gasteiger charge is 2.27. The van der Waals surface area contributed by atoms with Crippen LogP contribution < -0.4 is 4.90 Å². The van der Waals surface area contributed by atoms with Crippen molar-refractivity contribution in [2.75, 3.05) is 24.6 Å². The Morgan fingerprint density at radius 3 is 2.95 bits per heavy atom. The lowest BCUT2D eigenvalue weighted by molar-refractivity contribution is -0.385. The molecule has 1 unspecified atom stereocenters. The minimum Gasteiger partial charge on any atom is -0.479 e. The van der Waals surface area contributed by atoms with Crippen LogP contribution in [0.1, 0.15) is 5.69 Å². The summed E-state index contributed by atoms with van der Waals surface area (Å²) in [6.07, 6.45) is -0.897. The molecule has 0 spiro atoms. The largest absolute Gasteiger partial charge is 0.479 e. The van der Waals surface area contributed by atoms with Crippen LogP contribution in [0.4, 0.5) is 11.5 Å². The third kappa shape index (κ3) is 2.79. The van der Waals surface area contributed by atoms with Crippen molar-refractivity contribution in [3.05, 3.63) is 27.9 Å². The van der Waals surface area contributed by atoms with E-state index in [1.54, 1.807) is 11.8 Å². The van der Waals surface area contributed by atoms with E-state index in [2.05, 4.69) is 4.98 Å². The summed E-state index contributed by atoms with van der Waals surface area (Å²) in [5.74, 6) is -0.499. The van der Waals surface area contributed by atoms with Gasteiger partial charge in [-0.05, 0) is 13.0 Å². The van der Waals surface area contributed by atoms with Crippen molar-refractivity contribution in [2.24, 2.45) is 0 Å². The zero-order valence-electron chi connectivity index (χ0n) is 10.3. The van der Waals surface area contributed by atoms with Gasteiger partial charge in [-0.3, -0.25) is 10.1 Å². The summed E-state index contributed by atoms with van der Waals surface area (Å²) in [5.41, 5.74) is 0.257. The second-order valence-electron chi connectivity index (χ2n) is 4.17. The van der Waals surface area contributed by atoms with Gasteiger partial charge >= 0.3 is 5.97 Å². The predicted molar refractivity (Wildman–Crippen MR) is 65.2 cm³/mol. The maximum Gasteiger partial charge on any atom is 0.334 e. The molecular weight excluding hydrogens is 254 g/mol. The number of anilines is 1. The van der Waals surface area contributed by atoms with Gasteiger partial charge in [-0.15, -0.1) is 0 Å². The average Bonchev–Trinajstić information content (AvgIpc) is 2.38. The smallest absolute Gasteiger partial charge is 0.334 e. The number of carbonyl (C=O) groups is 1. The van der Waals surface area contributed by atoms with Crippen LogP contribution in [0.2, 0.25) is 0 Å². The Kier molecular flexibility index (Phi) is 3.61. The molecule has 1 aromatic heterocycles. The molecule has 8 heteroatoms. The van der Waals surface area contributed by atoms with Crippen molar-refractivity contribution in [3.8, 4) is 0 Å². The molecule has 1 fully saturated rings. The molecule has 8 nitrogen and oxygen atoms in total. The number of nitro groups is 1. The fraction of sp³-hybridized carbons (Fsp3) is 0.455. The average molecular weight is 267 g/mol. The van der Waals surface area contributed by atoms with Gasteiger partial charge in [0.15, 0.2) is 6.10 Å². The van der Waals surface area contributed by atoms with Gasteiger partial charge in [0.25, 0.3) is 5.69 Å². The Bertz CT molecular complexity index is 519. The Labute approximate surface area is 108 Å². The summed E-state index contributed by atoms with van der Waals surface area (Å²) in [5, 5.41) is 19.6. The lowest BCUT2D eigenvalue weighted by Gasteiger charge is -2.31. The zero-order valence-corrected chi connectivity index (χ0v) is 10.3. The molecule has 0 radical (unpaired) electrons. The van der Waals surface area contributed by atoms with Gasteiger partial charge in [-0.25, -0.2) is 9.78 Å². The van der Waals surface area contributed by atoms with Gasteiger partial charge in [0.05, 0.1) is 18.1 Å². The van der Waals surface area contributed by atoms with Crippen LogP contribution >= 0.6 is 0 Å². The molecule has 102 valence electrons. The summed E-state index contributed by atoms with van der Waals surface area (Å²) in [6.45, 7) is 2.53. The van der Waals surface area contributed by atoms with E-state index < -0.39 is 17.0 Å². The molecule has 19 heavy (non-hydrogen) atoms. The first-order valence-electron chi connectivity index (χ1n) is 5.70. The normalized spacial score (nSPS) is 19.2. The molecule has 2 rings (SSSR count). The van der Waals surface area contributed by atoms with E-state index in [4.69, 9.17) is 9.84 Å². The van der Waals surface area contributed by atoms with Gasteiger partial charge in [0.2, 0.25) is 0 Å². The van der Waals surface area contributed by atoms with Crippen LogP contribution in [0, 0.1) is 17.0 Å². The van der Waals surface area contributed by atoms with Gasteiger partial charge in [0, 0.05) is 12.6 Å². The fourth-order valence-electron chi connectivity index (χ4n) is 1.92. The zero-order chi connectivity index (χ0) is 14.0. The summed E-state index contributed by atoms with van der Waals surface area (Å²) in [7, 11) is 0. The number of hydrogen-bond acceptors (Lipinski definition) is 6. The lowest BCUT2D eigenvalue weighted by atomic mass is 10.2. The van der Waals surface area contributed by atoms with Gasteiger partial charge in [-0.2, -0.15) is 0 Å². The minimum absolute atomic E-state index is 0.0493. The molecule has 2 heterocycles. The number of hydrogen-bond donors (Lipinski definition) is 1. The highest BCUT2D eigenvalue weighted by atomic mass is 16.6. The summed E-state index contributed by atoms with van der Waals surface area (Å²) < 4.78 is 5.11. The highest BCUT2D eigenvalue weighted by Crippen LogP contribution is 2.22. The van der Waals surface area contributed by atoms with Crippen molar-refractivity contribution in [1.29, 1.82) is 0 Å². The third-order valence-electron chi connectivity index (χ3n) is 2.91. The Morgan fingerprint density at radius 2 is 2.37 bits per heavy atom. The highest BCUT2D eigenvalue weighted by molar-refractivity contribution is 5.73. The van der Waals surface area contributed by atoms with Crippen molar-refractivity contribution >= 4 is 17.5 Å². The number of morpholine rings is 1. The van der Waals surface area contributed by atoms with E-state index in [0.29, 0.717) is 18.1 Å². The van der Waals surface area contributed by atoms with Gasteiger partial charge in [0.1, 0.15) is 11.5 Å². The Balaban J connectivity index is 2.20. The molecule has 0 aliphatic carbocycles. The molecule has 1 aromatic rings. The van der Waals surface area contributed by atoms with Gasteiger partial charge < -0.3 is 14.7 Å². The number of carboxylic acids is 1. The molecule has 1 aliphatic heterocycles. The van der Waals surface area contributed by atoms with Gasteiger partial charge in [-0.1, -0.05) is 0 Å². The fourth-order valence-corrected chi connectivity index (χ4v) is 1.92. The Morgan fingerprint density at radius 1 is 1.63 bits per heavy atom. The number of nitrogens with zero attached hydrogens (tertiary/aromatic N) is 3. The van der Waals surface area contributed by atoms with Crippen molar-refractivity contribution in [1.82, 2.24) is 4.98 Å². The number of aryl methyl sites for hydroxylation is 1. The van der Waals surface area contributed by atoms with E-state index in [0.717, 1.165) is 0 Å². The number of aliphatic carboxylic acids is 1. The summed E-state index contributed by atoms with van der Waals surface area (Å²) in [6, 6.07) is 2.90. The monoisotopic (exact) mass is 267 g/mol. The molecule has 0 aromatic carbocycles. The van der Waals surface area contributed by atoms with Crippen molar-refractivity contribution in [2.45, 2.75) is 13.0 Å². The standard InChI is InChI=1S/C11H13N3O5/c1-7-8(14(17)18)2-3-10(12-7)13-4-5-19-9(6-13)11(15)16/h2-3,9H,4-6H2,1H3,(H,15,16). The van der Waals surface area contributed by atoms with E-state index in [1.807, 2.05) is 0 Å². The van der Waals surface area contributed by atoms with E-state index >= 15 is 0 Å². The SMILES string of the molecule is Cc1nc(N2CCOC(C(=O)O)C2)ccc1[N+](=O)[O-]. The maximum atomic E-state index is 10.9. The number of aromatic nitrogens is 1. The maximum absolute atomic E-state index is 10.9. The lowest BCUT2D eigenvalue weighted by Crippen LogP contribution is -2.46. The van der Waals surface area contributed by atoms with Crippen LogP contribution in [0.15, 0.2) is 12.1 Å². The number of carboxylic acid groups (broad SMARTS) is 1. The second kappa shape index (κ2) is 5.19. The van der Waals surface area contributed by atoms with Crippen LogP contribution in [0.3, 0.4) is 0 Å². The Hall–Kier alpha value is -2.22. The van der Waals surface area contributed by atoms with Crippen molar-refractivity contribution in [3.63, 3.8) is 0 Å². The molecule has 0 amide bonds. The third-order valence-corrected chi connectivity index (χ3v) is 2.91. The van der Waals surface area contributed by atoms with Crippen LogP contribution in [0.25, 0.3) is 0 Å². The van der Waals surface area contributed by atoms with Crippen molar-refractivity contribution < 1.29 is 19.6 Å². The topological polar surface area (TPSA) is 106 Å². The summed E-state index contributed by atoms with van der Waals surface area (Å²) in [4.78, 5) is 27.0. The molecule has 0 bridgehead atoms. The number of rotatable bonds is 3. The number of pyridine rings is 1. The molecule has 0 saturated carbocycles. The quantitative estimate of drug-likeness (QED) is 0.630. The van der Waals surface area contributed by atoms with Crippen LogP contribution in [0.5, 0.6) is 0 Å². The molecule has 1 N–H and O–H groups in total. The molecule has 1 atom stereocenters. The van der Waals surface area contributed by atoms with E-state index in [-0.39, 0.29) is 18.8 Å². The first kappa shape index (κ1) is 13.2. The molecule has 1 aliphatic rings. The first-order chi connectivity index (χ1) is 8.99. The minimum atomic E-state index is -1.02. The van der Waals surface area contributed by atoms with E-state index in [1.165, 1.54) is 12.1 Å². The predicted octanol–water partition coefficient (Wildman–Crippen LogP) is 0.588. The summed E-state index contributed by atoms with van der Waals surface area (Å²) >= 11 is 0. The second-order valence-corrected chi connectivity index (χ2v) is 4.17.